The lowest BCUT2D eigenvalue weighted by atomic mass is 10.2. The Hall–Kier alpha value is -2.01. The molecule has 0 aromatic heterocycles. The molecule has 1 aromatic rings. The van der Waals surface area contributed by atoms with Crippen LogP contribution in [0, 0.1) is 12.0 Å². The molecule has 0 spiro atoms. The van der Waals surface area contributed by atoms with Gasteiger partial charge in [0.15, 0.2) is 0 Å². The molecule has 0 amide bonds. The Morgan fingerprint density at radius 3 is 2.67 bits per heavy atom. The molecular weight excluding hydrogens is 188 g/mol. The average molecular weight is 200 g/mol. The van der Waals surface area contributed by atoms with Gasteiger partial charge in [-0.05, 0) is 12.5 Å². The summed E-state index contributed by atoms with van der Waals surface area (Å²) in [5.74, 6) is 2.28. The van der Waals surface area contributed by atoms with Gasteiger partial charge in [-0.25, -0.2) is 4.79 Å². The van der Waals surface area contributed by atoms with Crippen LogP contribution < -0.4 is 0 Å². The van der Waals surface area contributed by atoms with Crippen molar-refractivity contribution in [3.63, 3.8) is 0 Å². The van der Waals surface area contributed by atoms with Crippen molar-refractivity contribution in [2.75, 3.05) is 0 Å². The maximum absolute atomic E-state index is 10.9. The molecule has 0 aliphatic heterocycles. The predicted molar refractivity (Wildman–Crippen MR) is 58.8 cm³/mol. The highest BCUT2D eigenvalue weighted by atomic mass is 16.5. The van der Waals surface area contributed by atoms with E-state index < -0.39 is 5.97 Å². The molecule has 0 unspecified atom stereocenters. The monoisotopic (exact) mass is 200 g/mol. The molecule has 0 radical (unpaired) electrons. The molecular formula is C13H12O2. The summed E-state index contributed by atoms with van der Waals surface area (Å²) in [6.07, 6.45) is 2.93. The molecule has 1 aromatic carbocycles. The van der Waals surface area contributed by atoms with Crippen molar-refractivity contribution < 1.29 is 9.53 Å². The number of carbonyl (C=O) groups is 1. The summed E-state index contributed by atoms with van der Waals surface area (Å²) in [5.41, 5.74) is 1.44. The van der Waals surface area contributed by atoms with Gasteiger partial charge in [0.25, 0.3) is 0 Å². The highest BCUT2D eigenvalue weighted by Gasteiger charge is 1.99. The van der Waals surface area contributed by atoms with Crippen LogP contribution in [0.4, 0.5) is 0 Å². The van der Waals surface area contributed by atoms with Crippen molar-refractivity contribution in [3.05, 3.63) is 48.0 Å². The second kappa shape index (κ2) is 5.66. The molecule has 0 saturated heterocycles. The van der Waals surface area contributed by atoms with Gasteiger partial charge in [-0.1, -0.05) is 42.8 Å². The molecule has 0 aliphatic rings. The summed E-state index contributed by atoms with van der Waals surface area (Å²) in [7, 11) is 0. The normalized spacial score (nSPS) is 8.60. The zero-order chi connectivity index (χ0) is 11.1. The summed E-state index contributed by atoms with van der Waals surface area (Å²) in [4.78, 5) is 10.9. The van der Waals surface area contributed by atoms with E-state index >= 15 is 0 Å². The fourth-order valence-corrected chi connectivity index (χ4v) is 0.904. The van der Waals surface area contributed by atoms with E-state index in [0.29, 0.717) is 12.0 Å². The van der Waals surface area contributed by atoms with Gasteiger partial charge < -0.3 is 4.74 Å². The molecule has 76 valence electrons. The van der Waals surface area contributed by atoms with Gasteiger partial charge in [0.2, 0.25) is 0 Å². The topological polar surface area (TPSA) is 26.3 Å². The molecule has 0 N–H and O–H groups in total. The van der Waals surface area contributed by atoms with E-state index in [1.165, 1.54) is 0 Å². The standard InChI is InChI=1S/C13H12O2/c1-11(2)13(14)15-10-6-9-12-7-4-3-5-8-12/h3-5,7-8H,1,9H2,2H3. The second-order valence-corrected chi connectivity index (χ2v) is 3.11. The number of esters is 1. The molecule has 0 fully saturated rings. The van der Waals surface area contributed by atoms with Crippen LogP contribution in [0.3, 0.4) is 0 Å². The second-order valence-electron chi connectivity index (χ2n) is 3.11. The van der Waals surface area contributed by atoms with Crippen LogP contribution in [-0.4, -0.2) is 5.97 Å². The van der Waals surface area contributed by atoms with E-state index in [9.17, 15) is 4.79 Å². The first-order valence-corrected chi connectivity index (χ1v) is 4.58. The van der Waals surface area contributed by atoms with E-state index in [-0.39, 0.29) is 0 Å². The Bertz CT molecular complexity index is 407. The van der Waals surface area contributed by atoms with E-state index in [1.54, 1.807) is 6.92 Å². The Morgan fingerprint density at radius 1 is 1.40 bits per heavy atom. The first-order valence-electron chi connectivity index (χ1n) is 4.58. The summed E-state index contributed by atoms with van der Waals surface area (Å²) in [6.45, 7) is 5.03. The maximum atomic E-state index is 10.9. The third-order valence-electron chi connectivity index (χ3n) is 1.70. The molecule has 0 saturated carbocycles. The molecule has 0 atom stereocenters. The number of carbonyl (C=O) groups excluding carboxylic acids is 1. The fourth-order valence-electron chi connectivity index (χ4n) is 0.904. The molecule has 15 heavy (non-hydrogen) atoms. The maximum Gasteiger partial charge on any atom is 0.347 e. The first kappa shape index (κ1) is 11.1. The van der Waals surface area contributed by atoms with Crippen molar-refractivity contribution in [2.45, 2.75) is 13.3 Å². The summed E-state index contributed by atoms with van der Waals surface area (Å²) in [5, 5.41) is 0. The molecule has 0 heterocycles. The Labute approximate surface area is 89.6 Å². The van der Waals surface area contributed by atoms with Crippen LogP contribution in [0.2, 0.25) is 0 Å². The van der Waals surface area contributed by atoms with Crippen LogP contribution in [0.15, 0.2) is 42.5 Å². The van der Waals surface area contributed by atoms with Crippen LogP contribution in [0.5, 0.6) is 0 Å². The van der Waals surface area contributed by atoms with Crippen LogP contribution in [0.1, 0.15) is 12.5 Å². The largest absolute Gasteiger partial charge is 0.369 e. The van der Waals surface area contributed by atoms with Crippen molar-refractivity contribution in [1.29, 1.82) is 0 Å². The fraction of sp³-hybridized carbons (Fsp3) is 0.154. The smallest absolute Gasteiger partial charge is 0.347 e. The minimum Gasteiger partial charge on any atom is -0.369 e. The van der Waals surface area contributed by atoms with E-state index in [2.05, 4.69) is 23.3 Å². The minimum atomic E-state index is -0.476. The number of ether oxygens (including phenoxy) is 1. The van der Waals surface area contributed by atoms with Crippen molar-refractivity contribution in [1.82, 2.24) is 0 Å². The molecule has 0 bridgehead atoms. The number of rotatable bonds is 2. The lowest BCUT2D eigenvalue weighted by Gasteiger charge is -1.93. The molecule has 1 rings (SSSR count). The van der Waals surface area contributed by atoms with Gasteiger partial charge in [0.1, 0.15) is 6.11 Å². The van der Waals surface area contributed by atoms with Gasteiger partial charge in [-0.15, -0.1) is 0 Å². The number of hydrogen-bond donors (Lipinski definition) is 0. The van der Waals surface area contributed by atoms with Crippen molar-refractivity contribution in [3.8, 4) is 12.0 Å². The van der Waals surface area contributed by atoms with Gasteiger partial charge in [-0.3, -0.25) is 0 Å². The Morgan fingerprint density at radius 2 is 2.07 bits per heavy atom. The first-order chi connectivity index (χ1) is 7.20. The van der Waals surface area contributed by atoms with Crippen molar-refractivity contribution in [2.24, 2.45) is 0 Å². The molecule has 2 nitrogen and oxygen atoms in total. The molecule has 0 aliphatic carbocycles. The number of hydrogen-bond acceptors (Lipinski definition) is 2. The SMILES string of the molecule is C=C(C)C(=O)OC#CCc1ccccc1. The highest BCUT2D eigenvalue weighted by Crippen LogP contribution is 1.98. The Balaban J connectivity index is 2.41. The van der Waals surface area contributed by atoms with Gasteiger partial charge in [-0.2, -0.15) is 0 Å². The van der Waals surface area contributed by atoms with Gasteiger partial charge in [0, 0.05) is 12.0 Å². The van der Waals surface area contributed by atoms with E-state index in [4.69, 9.17) is 0 Å². The molecule has 2 heteroatoms. The van der Waals surface area contributed by atoms with Gasteiger partial charge >= 0.3 is 5.97 Å². The lowest BCUT2D eigenvalue weighted by molar-refractivity contribution is -0.132. The van der Waals surface area contributed by atoms with Crippen LogP contribution >= 0.6 is 0 Å². The highest BCUT2D eigenvalue weighted by molar-refractivity contribution is 5.87. The quantitative estimate of drug-likeness (QED) is 0.416. The summed E-state index contributed by atoms with van der Waals surface area (Å²) >= 11 is 0. The zero-order valence-corrected chi connectivity index (χ0v) is 8.62. The van der Waals surface area contributed by atoms with Crippen molar-refractivity contribution >= 4 is 5.97 Å². The Kier molecular flexibility index (Phi) is 4.18. The third kappa shape index (κ3) is 4.15. The average Bonchev–Trinajstić information content (AvgIpc) is 2.25. The van der Waals surface area contributed by atoms with E-state index in [1.807, 2.05) is 30.3 Å². The zero-order valence-electron chi connectivity index (χ0n) is 8.62. The lowest BCUT2D eigenvalue weighted by Crippen LogP contribution is -1.99. The van der Waals surface area contributed by atoms with Crippen LogP contribution in [-0.2, 0) is 16.0 Å². The minimum absolute atomic E-state index is 0.351. The summed E-state index contributed by atoms with van der Waals surface area (Å²) in [6, 6.07) is 9.76. The third-order valence-corrected chi connectivity index (χ3v) is 1.70. The predicted octanol–water partition coefficient (Wildman–Crippen LogP) is 2.31. The summed E-state index contributed by atoms with van der Waals surface area (Å²) < 4.78 is 4.63. The van der Waals surface area contributed by atoms with Gasteiger partial charge in [0.05, 0.1) is 0 Å². The van der Waals surface area contributed by atoms with E-state index in [0.717, 1.165) is 5.56 Å². The van der Waals surface area contributed by atoms with Crippen LogP contribution in [0.25, 0.3) is 0 Å². The number of benzene rings is 1.